The molecule has 2 fully saturated rings. The number of nitrogens with zero attached hydrogens (tertiary/aromatic N) is 4. The van der Waals surface area contributed by atoms with Crippen molar-refractivity contribution in [2.45, 2.75) is 37.1 Å². The molecule has 3 amide bonds. The summed E-state index contributed by atoms with van der Waals surface area (Å²) in [5.74, 6) is -0.209. The van der Waals surface area contributed by atoms with Crippen LogP contribution in [0.4, 0.5) is 14.9 Å². The fraction of sp³-hybridized carbons (Fsp3) is 0.520. The standard InChI is InChI=1S/C25H31FN4O3/c1-27(2)24(32)30-17-25(21-15-19(26)3-4-22(21)30)8-12-28(13-9-25)20-5-10-29(11-6-20)23(31)18-7-14-33-16-18/h3-4,7,14-16,20H,5-6,8-13,17H2,1-2H3. The minimum Gasteiger partial charge on any atom is -0.472 e. The second kappa shape index (κ2) is 8.48. The number of piperidine rings is 2. The number of halogens is 1. The van der Waals surface area contributed by atoms with Crippen LogP contribution in [0.15, 0.2) is 41.2 Å². The van der Waals surface area contributed by atoms with Crippen LogP contribution in [0.25, 0.3) is 0 Å². The lowest BCUT2D eigenvalue weighted by atomic mass is 9.74. The molecule has 0 unspecified atom stereocenters. The van der Waals surface area contributed by atoms with Crippen molar-refractivity contribution in [3.63, 3.8) is 0 Å². The lowest BCUT2D eigenvalue weighted by Crippen LogP contribution is -2.52. The van der Waals surface area contributed by atoms with Gasteiger partial charge in [-0.15, -0.1) is 0 Å². The van der Waals surface area contributed by atoms with E-state index in [0.717, 1.165) is 63.1 Å². The summed E-state index contributed by atoms with van der Waals surface area (Å²) in [4.78, 5) is 33.2. The Hall–Kier alpha value is -2.87. The van der Waals surface area contributed by atoms with Gasteiger partial charge in [0.2, 0.25) is 0 Å². The van der Waals surface area contributed by atoms with E-state index in [0.29, 0.717) is 18.2 Å². The zero-order valence-corrected chi connectivity index (χ0v) is 19.3. The molecule has 1 aromatic carbocycles. The van der Waals surface area contributed by atoms with Gasteiger partial charge in [-0.2, -0.15) is 0 Å². The van der Waals surface area contributed by atoms with Gasteiger partial charge < -0.3 is 19.1 Å². The summed E-state index contributed by atoms with van der Waals surface area (Å²) in [6, 6.07) is 6.93. The number of urea groups is 1. The molecule has 4 heterocycles. The monoisotopic (exact) mass is 454 g/mol. The number of hydrogen-bond donors (Lipinski definition) is 0. The van der Waals surface area contributed by atoms with Crippen LogP contribution in [-0.4, -0.2) is 79.5 Å². The minimum absolute atomic E-state index is 0.0371. The zero-order valence-electron chi connectivity index (χ0n) is 19.3. The zero-order chi connectivity index (χ0) is 23.2. The molecule has 1 aromatic heterocycles. The van der Waals surface area contributed by atoms with E-state index >= 15 is 0 Å². The van der Waals surface area contributed by atoms with E-state index in [2.05, 4.69) is 4.90 Å². The van der Waals surface area contributed by atoms with Gasteiger partial charge in [0.05, 0.1) is 11.8 Å². The van der Waals surface area contributed by atoms with E-state index in [1.807, 2.05) is 9.80 Å². The summed E-state index contributed by atoms with van der Waals surface area (Å²) in [7, 11) is 3.51. The van der Waals surface area contributed by atoms with Gasteiger partial charge >= 0.3 is 6.03 Å². The summed E-state index contributed by atoms with van der Waals surface area (Å²) >= 11 is 0. The molecule has 7 nitrogen and oxygen atoms in total. The van der Waals surface area contributed by atoms with E-state index in [-0.39, 0.29) is 23.2 Å². The van der Waals surface area contributed by atoms with Gasteiger partial charge in [-0.05, 0) is 68.6 Å². The molecule has 176 valence electrons. The van der Waals surface area contributed by atoms with Crippen molar-refractivity contribution in [2.24, 2.45) is 0 Å². The van der Waals surface area contributed by atoms with Crippen LogP contribution in [-0.2, 0) is 5.41 Å². The molecule has 3 aliphatic heterocycles. The molecule has 0 N–H and O–H groups in total. The third-order valence-electron chi connectivity index (χ3n) is 7.69. The van der Waals surface area contributed by atoms with Gasteiger partial charge in [0.25, 0.3) is 5.91 Å². The highest BCUT2D eigenvalue weighted by Gasteiger charge is 2.47. The van der Waals surface area contributed by atoms with Crippen molar-refractivity contribution in [3.05, 3.63) is 53.7 Å². The summed E-state index contributed by atoms with van der Waals surface area (Å²) in [5.41, 5.74) is 2.22. The summed E-state index contributed by atoms with van der Waals surface area (Å²) < 4.78 is 19.2. The number of carbonyl (C=O) groups is 2. The fourth-order valence-electron chi connectivity index (χ4n) is 5.80. The maximum absolute atomic E-state index is 14.2. The maximum Gasteiger partial charge on any atom is 0.323 e. The Morgan fingerprint density at radius 3 is 2.45 bits per heavy atom. The molecule has 0 bridgehead atoms. The molecular formula is C25H31FN4O3. The van der Waals surface area contributed by atoms with Gasteiger partial charge in [0, 0.05) is 50.9 Å². The first-order chi connectivity index (χ1) is 15.9. The number of rotatable bonds is 2. The van der Waals surface area contributed by atoms with Crippen LogP contribution >= 0.6 is 0 Å². The number of amides is 3. The highest BCUT2D eigenvalue weighted by molar-refractivity contribution is 5.95. The van der Waals surface area contributed by atoms with E-state index in [9.17, 15) is 14.0 Å². The number of hydrogen-bond acceptors (Lipinski definition) is 4. The van der Waals surface area contributed by atoms with Crippen molar-refractivity contribution in [2.75, 3.05) is 51.7 Å². The molecule has 1 spiro atoms. The molecule has 0 aliphatic carbocycles. The summed E-state index contributed by atoms with van der Waals surface area (Å²) in [6.07, 6.45) is 6.73. The van der Waals surface area contributed by atoms with Crippen molar-refractivity contribution in [1.82, 2.24) is 14.7 Å². The Morgan fingerprint density at radius 2 is 1.82 bits per heavy atom. The average Bonchev–Trinajstić information content (AvgIpc) is 3.46. The first-order valence-corrected chi connectivity index (χ1v) is 11.7. The van der Waals surface area contributed by atoms with Crippen LogP contribution in [0.2, 0.25) is 0 Å². The molecule has 5 rings (SSSR count). The minimum atomic E-state index is -0.246. The predicted octanol–water partition coefficient (Wildman–Crippen LogP) is 3.56. The maximum atomic E-state index is 14.2. The molecule has 0 radical (unpaired) electrons. The van der Waals surface area contributed by atoms with Gasteiger partial charge in [0.1, 0.15) is 12.1 Å². The van der Waals surface area contributed by atoms with E-state index < -0.39 is 0 Å². The molecular weight excluding hydrogens is 423 g/mol. The predicted molar refractivity (Wildman–Crippen MR) is 123 cm³/mol. The van der Waals surface area contributed by atoms with Gasteiger partial charge in [0.15, 0.2) is 0 Å². The average molecular weight is 455 g/mol. The van der Waals surface area contributed by atoms with E-state index in [1.165, 1.54) is 18.6 Å². The SMILES string of the molecule is CN(C)C(=O)N1CC2(CCN(C3CCN(C(=O)c4ccoc4)CC3)CC2)c2cc(F)ccc21. The Labute approximate surface area is 193 Å². The topological polar surface area (TPSA) is 60.2 Å². The highest BCUT2D eigenvalue weighted by Crippen LogP contribution is 2.48. The molecule has 3 aliphatic rings. The molecule has 2 aromatic rings. The highest BCUT2D eigenvalue weighted by atomic mass is 19.1. The Morgan fingerprint density at radius 1 is 1.09 bits per heavy atom. The van der Waals surface area contributed by atoms with Crippen molar-refractivity contribution in [1.29, 1.82) is 0 Å². The molecule has 8 heteroatoms. The lowest BCUT2D eigenvalue weighted by Gasteiger charge is -2.45. The van der Waals surface area contributed by atoms with Crippen molar-refractivity contribution in [3.8, 4) is 0 Å². The Kier molecular flexibility index (Phi) is 5.64. The Balaban J connectivity index is 1.24. The van der Waals surface area contributed by atoms with Crippen LogP contribution in [0.5, 0.6) is 0 Å². The van der Waals surface area contributed by atoms with Gasteiger partial charge in [-0.1, -0.05) is 0 Å². The number of likely N-dealkylation sites (tertiary alicyclic amines) is 2. The van der Waals surface area contributed by atoms with Crippen molar-refractivity contribution < 1.29 is 18.4 Å². The fourth-order valence-corrected chi connectivity index (χ4v) is 5.80. The first-order valence-electron chi connectivity index (χ1n) is 11.7. The molecule has 33 heavy (non-hydrogen) atoms. The first kappa shape index (κ1) is 21.9. The normalized spacial score (nSPS) is 20.8. The van der Waals surface area contributed by atoms with Crippen LogP contribution < -0.4 is 4.90 Å². The van der Waals surface area contributed by atoms with E-state index in [1.54, 1.807) is 37.2 Å². The smallest absolute Gasteiger partial charge is 0.323 e. The van der Waals surface area contributed by atoms with Crippen LogP contribution in [0.1, 0.15) is 41.6 Å². The van der Waals surface area contributed by atoms with Gasteiger partial charge in [-0.25, -0.2) is 9.18 Å². The lowest BCUT2D eigenvalue weighted by molar-refractivity contribution is 0.0530. The third-order valence-corrected chi connectivity index (χ3v) is 7.69. The quantitative estimate of drug-likeness (QED) is 0.696. The van der Waals surface area contributed by atoms with Crippen molar-refractivity contribution >= 4 is 17.6 Å². The Bertz CT molecular complexity index is 1020. The number of benzene rings is 1. The summed E-state index contributed by atoms with van der Waals surface area (Å²) in [6.45, 7) is 3.93. The molecule has 0 atom stereocenters. The molecule has 0 saturated carbocycles. The molecule has 2 saturated heterocycles. The summed E-state index contributed by atoms with van der Waals surface area (Å²) in [5, 5.41) is 0. The van der Waals surface area contributed by atoms with Crippen LogP contribution in [0.3, 0.4) is 0 Å². The number of anilines is 1. The largest absolute Gasteiger partial charge is 0.472 e. The number of furan rings is 1. The third kappa shape index (κ3) is 3.90. The van der Waals surface area contributed by atoms with Crippen LogP contribution in [0, 0.1) is 5.82 Å². The number of carbonyl (C=O) groups excluding carboxylic acids is 2. The second-order valence-electron chi connectivity index (χ2n) is 9.78. The second-order valence-corrected chi connectivity index (χ2v) is 9.78. The van der Waals surface area contributed by atoms with Gasteiger partial charge in [-0.3, -0.25) is 9.69 Å². The number of fused-ring (bicyclic) bond motifs is 2. The van der Waals surface area contributed by atoms with E-state index in [4.69, 9.17) is 4.42 Å².